The second kappa shape index (κ2) is 10.8. The Morgan fingerprint density at radius 2 is 1.74 bits per heavy atom. The highest BCUT2D eigenvalue weighted by Gasteiger charge is 2.35. The summed E-state index contributed by atoms with van der Waals surface area (Å²) in [6, 6.07) is 19.0. The van der Waals surface area contributed by atoms with Gasteiger partial charge in [-0.1, -0.05) is 41.9 Å². The highest BCUT2D eigenvalue weighted by molar-refractivity contribution is 8.18. The van der Waals surface area contributed by atoms with Crippen molar-refractivity contribution < 1.29 is 23.9 Å². The van der Waals surface area contributed by atoms with Crippen molar-refractivity contribution in [2.75, 3.05) is 13.2 Å². The standard InChI is InChI=1S/C27H22ClNO5S/c1-17-7-8-18(2)23(15-17)33-14-13-29-25(30)24(35-27(29)32)16-20-5-3-4-6-22(20)34-26(31)19-9-11-21(28)12-10-19/h3-12,15-16H,13-14H2,1-2H3/b24-16-. The Morgan fingerprint density at radius 3 is 2.51 bits per heavy atom. The van der Waals surface area contributed by atoms with Crippen LogP contribution < -0.4 is 9.47 Å². The number of rotatable bonds is 7. The quantitative estimate of drug-likeness (QED) is 0.212. The molecule has 3 aromatic carbocycles. The number of nitrogens with zero attached hydrogens (tertiary/aromatic N) is 1. The first kappa shape index (κ1) is 24.6. The van der Waals surface area contributed by atoms with Gasteiger partial charge >= 0.3 is 5.97 Å². The Labute approximate surface area is 212 Å². The van der Waals surface area contributed by atoms with Gasteiger partial charge in [-0.2, -0.15) is 0 Å². The van der Waals surface area contributed by atoms with Crippen LogP contribution in [0.4, 0.5) is 4.79 Å². The van der Waals surface area contributed by atoms with Crippen LogP contribution >= 0.6 is 23.4 Å². The highest BCUT2D eigenvalue weighted by Crippen LogP contribution is 2.34. The lowest BCUT2D eigenvalue weighted by Crippen LogP contribution is -2.32. The van der Waals surface area contributed by atoms with E-state index in [9.17, 15) is 14.4 Å². The average Bonchev–Trinajstić information content (AvgIpc) is 3.10. The fourth-order valence-electron chi connectivity index (χ4n) is 3.38. The molecule has 1 aliphatic rings. The zero-order valence-corrected chi connectivity index (χ0v) is 20.7. The molecule has 0 spiro atoms. The van der Waals surface area contributed by atoms with Crippen LogP contribution in [0.2, 0.25) is 5.02 Å². The summed E-state index contributed by atoms with van der Waals surface area (Å²) in [5, 5.41) is 0.138. The molecular weight excluding hydrogens is 486 g/mol. The number of hydrogen-bond donors (Lipinski definition) is 0. The smallest absolute Gasteiger partial charge is 0.343 e. The SMILES string of the molecule is Cc1ccc(C)c(OCCN2C(=O)S/C(=C\c3ccccc3OC(=O)c3ccc(Cl)cc3)C2=O)c1. The summed E-state index contributed by atoms with van der Waals surface area (Å²) in [6.45, 7) is 4.22. The van der Waals surface area contributed by atoms with Crippen LogP contribution in [0.5, 0.6) is 11.5 Å². The number of esters is 1. The Morgan fingerprint density at radius 1 is 1.00 bits per heavy atom. The van der Waals surface area contributed by atoms with Gasteiger partial charge < -0.3 is 9.47 Å². The van der Waals surface area contributed by atoms with E-state index in [1.54, 1.807) is 54.6 Å². The molecule has 1 aliphatic heterocycles. The Bertz CT molecular complexity index is 1320. The zero-order valence-electron chi connectivity index (χ0n) is 19.1. The van der Waals surface area contributed by atoms with Gasteiger partial charge in [0.25, 0.3) is 11.1 Å². The second-order valence-corrected chi connectivity index (χ2v) is 9.31. The molecule has 0 N–H and O–H groups in total. The van der Waals surface area contributed by atoms with E-state index < -0.39 is 11.9 Å². The number of carbonyl (C=O) groups excluding carboxylic acids is 3. The number of imide groups is 1. The first-order chi connectivity index (χ1) is 16.8. The number of thioether (sulfide) groups is 1. The summed E-state index contributed by atoms with van der Waals surface area (Å²) < 4.78 is 11.3. The van der Waals surface area contributed by atoms with Gasteiger partial charge in [0, 0.05) is 10.6 Å². The molecule has 0 saturated carbocycles. The molecule has 8 heteroatoms. The summed E-state index contributed by atoms with van der Waals surface area (Å²) in [5.41, 5.74) is 2.89. The maximum Gasteiger partial charge on any atom is 0.343 e. The largest absolute Gasteiger partial charge is 0.491 e. The van der Waals surface area contributed by atoms with Crippen LogP contribution in [-0.2, 0) is 4.79 Å². The van der Waals surface area contributed by atoms with Gasteiger partial charge in [0.05, 0.1) is 17.0 Å². The van der Waals surface area contributed by atoms with E-state index in [4.69, 9.17) is 21.1 Å². The number of carbonyl (C=O) groups is 3. The molecule has 35 heavy (non-hydrogen) atoms. The van der Waals surface area contributed by atoms with Crippen LogP contribution in [0, 0.1) is 13.8 Å². The molecule has 0 bridgehead atoms. The maximum atomic E-state index is 12.9. The first-order valence-corrected chi connectivity index (χ1v) is 12.0. The number of hydrogen-bond acceptors (Lipinski definition) is 6. The van der Waals surface area contributed by atoms with Crippen LogP contribution in [0.1, 0.15) is 27.0 Å². The average molecular weight is 508 g/mol. The van der Waals surface area contributed by atoms with Crippen molar-refractivity contribution in [3.63, 3.8) is 0 Å². The summed E-state index contributed by atoms with van der Waals surface area (Å²) >= 11 is 6.72. The van der Waals surface area contributed by atoms with Crippen LogP contribution in [0.25, 0.3) is 6.08 Å². The topological polar surface area (TPSA) is 72.9 Å². The molecule has 0 unspecified atom stereocenters. The van der Waals surface area contributed by atoms with Crippen molar-refractivity contribution >= 4 is 46.6 Å². The van der Waals surface area contributed by atoms with Gasteiger partial charge in [0.2, 0.25) is 0 Å². The monoisotopic (exact) mass is 507 g/mol. The number of amides is 2. The zero-order chi connectivity index (χ0) is 24.9. The number of benzene rings is 3. The third kappa shape index (κ3) is 5.93. The van der Waals surface area contributed by atoms with Gasteiger partial charge in [0.1, 0.15) is 18.1 Å². The number of halogens is 1. The van der Waals surface area contributed by atoms with Crippen molar-refractivity contribution in [3.05, 3.63) is 98.9 Å². The molecule has 0 atom stereocenters. The summed E-state index contributed by atoms with van der Waals surface area (Å²) in [4.78, 5) is 39.3. The van der Waals surface area contributed by atoms with Crippen LogP contribution in [0.15, 0.2) is 71.6 Å². The van der Waals surface area contributed by atoms with Crippen molar-refractivity contribution in [1.82, 2.24) is 4.90 Å². The summed E-state index contributed by atoms with van der Waals surface area (Å²) in [5.74, 6) is 0.0315. The fraction of sp³-hybridized carbons (Fsp3) is 0.148. The highest BCUT2D eigenvalue weighted by atomic mass is 35.5. The van der Waals surface area contributed by atoms with Gasteiger partial charge in [0.15, 0.2) is 0 Å². The molecule has 178 valence electrons. The molecule has 0 aliphatic carbocycles. The van der Waals surface area contributed by atoms with E-state index in [1.807, 2.05) is 32.0 Å². The maximum absolute atomic E-state index is 12.9. The van der Waals surface area contributed by atoms with Gasteiger partial charge in [-0.25, -0.2) is 4.79 Å². The predicted octanol–water partition coefficient (Wildman–Crippen LogP) is 6.29. The van der Waals surface area contributed by atoms with Gasteiger partial charge in [-0.3, -0.25) is 14.5 Å². The minimum absolute atomic E-state index is 0.128. The summed E-state index contributed by atoms with van der Waals surface area (Å²) in [6.07, 6.45) is 1.56. The lowest BCUT2D eigenvalue weighted by Gasteiger charge is -2.14. The van der Waals surface area contributed by atoms with Crippen molar-refractivity contribution in [1.29, 1.82) is 0 Å². The van der Waals surface area contributed by atoms with Gasteiger partial charge in [-0.05, 0) is 79.2 Å². The van der Waals surface area contributed by atoms with E-state index in [0.29, 0.717) is 16.1 Å². The fourth-order valence-corrected chi connectivity index (χ4v) is 4.36. The van der Waals surface area contributed by atoms with Crippen LogP contribution in [-0.4, -0.2) is 35.2 Å². The molecule has 0 radical (unpaired) electrons. The Hall–Kier alpha value is -3.55. The molecule has 1 fully saturated rings. The lowest BCUT2D eigenvalue weighted by atomic mass is 10.1. The molecular formula is C27H22ClNO5S. The second-order valence-electron chi connectivity index (χ2n) is 7.89. The normalized spacial score (nSPS) is 14.5. The predicted molar refractivity (Wildman–Crippen MR) is 137 cm³/mol. The number of aryl methyl sites for hydroxylation is 2. The molecule has 6 nitrogen and oxygen atoms in total. The Kier molecular flexibility index (Phi) is 7.58. The number of para-hydroxylation sites is 1. The van der Waals surface area contributed by atoms with E-state index in [1.165, 1.54) is 0 Å². The van der Waals surface area contributed by atoms with E-state index >= 15 is 0 Å². The molecule has 0 aromatic heterocycles. The molecule has 2 amide bonds. The van der Waals surface area contributed by atoms with E-state index in [2.05, 4.69) is 0 Å². The third-order valence-electron chi connectivity index (χ3n) is 5.28. The van der Waals surface area contributed by atoms with E-state index in [-0.39, 0.29) is 29.0 Å². The molecule has 1 saturated heterocycles. The van der Waals surface area contributed by atoms with Crippen molar-refractivity contribution in [2.24, 2.45) is 0 Å². The van der Waals surface area contributed by atoms with Crippen molar-refractivity contribution in [3.8, 4) is 11.5 Å². The molecule has 3 aromatic rings. The molecule has 4 rings (SSSR count). The minimum atomic E-state index is -0.556. The minimum Gasteiger partial charge on any atom is -0.491 e. The third-order valence-corrected chi connectivity index (χ3v) is 6.44. The first-order valence-electron chi connectivity index (χ1n) is 10.8. The summed E-state index contributed by atoms with van der Waals surface area (Å²) in [7, 11) is 0. The van der Waals surface area contributed by atoms with E-state index in [0.717, 1.165) is 33.5 Å². The van der Waals surface area contributed by atoms with Crippen LogP contribution in [0.3, 0.4) is 0 Å². The van der Waals surface area contributed by atoms with Crippen molar-refractivity contribution in [2.45, 2.75) is 13.8 Å². The number of ether oxygens (including phenoxy) is 2. The molecule has 1 heterocycles. The lowest BCUT2D eigenvalue weighted by molar-refractivity contribution is -0.123. The van der Waals surface area contributed by atoms with Gasteiger partial charge in [-0.15, -0.1) is 0 Å². The Balaban J connectivity index is 1.45.